The van der Waals surface area contributed by atoms with E-state index in [0.717, 1.165) is 50.1 Å². The Balaban J connectivity index is 1.27. The lowest BCUT2D eigenvalue weighted by Crippen LogP contribution is -2.45. The summed E-state index contributed by atoms with van der Waals surface area (Å²) in [7, 11) is 0. The summed E-state index contributed by atoms with van der Waals surface area (Å²) in [5, 5.41) is 4.13. The van der Waals surface area contributed by atoms with Crippen molar-refractivity contribution < 1.29 is 18.3 Å². The SMILES string of the molecule is C=C(C)N1CCN(c2ccc(OCC[C@@H](C)CO[C@@](C)(Cn3cncn3)c3ccc(F)cc3F)cc2)CC1. The highest BCUT2D eigenvalue weighted by Crippen LogP contribution is 2.31. The Morgan fingerprint density at radius 2 is 1.84 bits per heavy atom. The van der Waals surface area contributed by atoms with E-state index >= 15 is 0 Å². The van der Waals surface area contributed by atoms with Crippen LogP contribution in [-0.4, -0.2) is 59.1 Å². The van der Waals surface area contributed by atoms with E-state index < -0.39 is 17.2 Å². The number of rotatable bonds is 12. The molecule has 2 atom stereocenters. The molecule has 38 heavy (non-hydrogen) atoms. The maximum atomic E-state index is 14.7. The molecule has 1 aromatic heterocycles. The van der Waals surface area contributed by atoms with E-state index in [1.54, 1.807) is 17.9 Å². The van der Waals surface area contributed by atoms with Crippen molar-refractivity contribution in [3.63, 3.8) is 0 Å². The Bertz CT molecular complexity index is 1180. The van der Waals surface area contributed by atoms with Gasteiger partial charge in [-0.05, 0) is 56.5 Å². The largest absolute Gasteiger partial charge is 0.494 e. The summed E-state index contributed by atoms with van der Waals surface area (Å²) in [6.07, 6.45) is 3.72. The van der Waals surface area contributed by atoms with Crippen LogP contribution >= 0.6 is 0 Å². The summed E-state index contributed by atoms with van der Waals surface area (Å²) in [5.41, 5.74) is 1.54. The topological polar surface area (TPSA) is 55.7 Å². The quantitative estimate of drug-likeness (QED) is 0.322. The predicted molar refractivity (Wildman–Crippen MR) is 144 cm³/mol. The highest BCUT2D eigenvalue weighted by molar-refractivity contribution is 5.49. The maximum Gasteiger partial charge on any atom is 0.137 e. The molecule has 2 aromatic carbocycles. The van der Waals surface area contributed by atoms with Crippen LogP contribution in [0.25, 0.3) is 0 Å². The molecule has 0 bridgehead atoms. The number of hydrogen-bond acceptors (Lipinski definition) is 6. The summed E-state index contributed by atoms with van der Waals surface area (Å²) in [6, 6.07) is 11.8. The van der Waals surface area contributed by atoms with Gasteiger partial charge in [-0.3, -0.25) is 0 Å². The molecule has 1 saturated heterocycles. The minimum Gasteiger partial charge on any atom is -0.494 e. The lowest BCUT2D eigenvalue weighted by atomic mass is 9.94. The van der Waals surface area contributed by atoms with E-state index in [-0.39, 0.29) is 18.0 Å². The lowest BCUT2D eigenvalue weighted by Gasteiger charge is -2.37. The molecule has 1 aliphatic heterocycles. The molecule has 0 N–H and O–H groups in total. The number of nitrogens with zero attached hydrogens (tertiary/aromatic N) is 5. The number of halogens is 2. The Labute approximate surface area is 223 Å². The van der Waals surface area contributed by atoms with Gasteiger partial charge in [0.1, 0.15) is 35.6 Å². The summed E-state index contributed by atoms with van der Waals surface area (Å²) in [5.74, 6) is -0.299. The monoisotopic (exact) mass is 525 g/mol. The Morgan fingerprint density at radius 3 is 2.47 bits per heavy atom. The van der Waals surface area contributed by atoms with E-state index in [1.165, 1.54) is 24.1 Å². The van der Waals surface area contributed by atoms with Gasteiger partial charge < -0.3 is 19.3 Å². The third kappa shape index (κ3) is 7.10. The number of piperazine rings is 1. The van der Waals surface area contributed by atoms with Crippen LogP contribution in [0.5, 0.6) is 5.75 Å². The Hall–Kier alpha value is -3.46. The summed E-state index contributed by atoms with van der Waals surface area (Å²) >= 11 is 0. The number of benzene rings is 2. The second-order valence-corrected chi connectivity index (χ2v) is 10.2. The zero-order valence-electron chi connectivity index (χ0n) is 22.4. The van der Waals surface area contributed by atoms with Crippen LogP contribution in [0.15, 0.2) is 67.4 Å². The summed E-state index contributed by atoms with van der Waals surface area (Å²) < 4.78 is 42.1. The molecule has 0 radical (unpaired) electrons. The highest BCUT2D eigenvalue weighted by atomic mass is 19.1. The van der Waals surface area contributed by atoms with Gasteiger partial charge in [-0.15, -0.1) is 0 Å². The van der Waals surface area contributed by atoms with Crippen molar-refractivity contribution in [3.8, 4) is 5.75 Å². The number of anilines is 1. The fraction of sp³-hybridized carbons (Fsp3) is 0.448. The van der Waals surface area contributed by atoms with Gasteiger partial charge in [0.2, 0.25) is 0 Å². The van der Waals surface area contributed by atoms with Gasteiger partial charge in [-0.1, -0.05) is 19.6 Å². The standard InChI is InChI=1S/C29H37F2N5O2/c1-22(2)34-12-14-35(15-13-34)25-6-8-26(9-7-25)37-16-11-23(3)18-38-29(4,19-36-21-32-20-33-36)27-10-5-24(30)17-28(27)31/h5-10,17,20-21,23H,1,11-16,18-19H2,2-4H3/t23-,29+/m1/s1. The lowest BCUT2D eigenvalue weighted by molar-refractivity contribution is -0.0682. The van der Waals surface area contributed by atoms with Crippen molar-refractivity contribution in [2.45, 2.75) is 39.3 Å². The zero-order valence-corrected chi connectivity index (χ0v) is 22.4. The first kappa shape index (κ1) is 27.6. The van der Waals surface area contributed by atoms with E-state index in [0.29, 0.717) is 13.2 Å². The van der Waals surface area contributed by atoms with Gasteiger partial charge in [-0.25, -0.2) is 18.4 Å². The fourth-order valence-corrected chi connectivity index (χ4v) is 4.64. The number of hydrogen-bond donors (Lipinski definition) is 0. The van der Waals surface area contributed by atoms with Crippen LogP contribution in [-0.2, 0) is 16.9 Å². The fourth-order valence-electron chi connectivity index (χ4n) is 4.64. The molecule has 1 fully saturated rings. The minimum absolute atomic E-state index is 0.150. The van der Waals surface area contributed by atoms with Crippen molar-refractivity contribution in [3.05, 3.63) is 84.6 Å². The zero-order chi connectivity index (χ0) is 27.1. The van der Waals surface area contributed by atoms with Gasteiger partial charge in [0.05, 0.1) is 19.8 Å². The van der Waals surface area contributed by atoms with Gasteiger partial charge >= 0.3 is 0 Å². The second-order valence-electron chi connectivity index (χ2n) is 10.2. The normalized spacial score (nSPS) is 16.2. The second kappa shape index (κ2) is 12.4. The van der Waals surface area contributed by atoms with Crippen molar-refractivity contribution in [1.29, 1.82) is 0 Å². The number of ether oxygens (including phenoxy) is 2. The van der Waals surface area contributed by atoms with Crippen LogP contribution in [0.3, 0.4) is 0 Å². The smallest absolute Gasteiger partial charge is 0.137 e. The maximum absolute atomic E-state index is 14.7. The van der Waals surface area contributed by atoms with Gasteiger partial charge in [0, 0.05) is 49.2 Å². The third-order valence-corrected chi connectivity index (χ3v) is 7.02. The molecule has 9 heteroatoms. The molecule has 3 aromatic rings. The van der Waals surface area contributed by atoms with Gasteiger partial charge in [0.25, 0.3) is 0 Å². The Kier molecular flexibility index (Phi) is 8.99. The van der Waals surface area contributed by atoms with Crippen LogP contribution in [0.2, 0.25) is 0 Å². The average Bonchev–Trinajstić information content (AvgIpc) is 3.40. The van der Waals surface area contributed by atoms with E-state index in [1.807, 2.05) is 12.1 Å². The summed E-state index contributed by atoms with van der Waals surface area (Å²) in [4.78, 5) is 8.65. The van der Waals surface area contributed by atoms with E-state index in [9.17, 15) is 8.78 Å². The van der Waals surface area contributed by atoms with Gasteiger partial charge in [-0.2, -0.15) is 5.10 Å². The minimum atomic E-state index is -1.05. The average molecular weight is 526 g/mol. The first-order chi connectivity index (χ1) is 18.2. The molecular weight excluding hydrogens is 488 g/mol. The van der Waals surface area contributed by atoms with E-state index in [2.05, 4.69) is 52.4 Å². The van der Waals surface area contributed by atoms with Crippen molar-refractivity contribution in [2.75, 3.05) is 44.3 Å². The molecule has 7 nitrogen and oxygen atoms in total. The molecule has 0 unspecified atom stereocenters. The highest BCUT2D eigenvalue weighted by Gasteiger charge is 2.32. The Morgan fingerprint density at radius 1 is 1.11 bits per heavy atom. The van der Waals surface area contributed by atoms with E-state index in [4.69, 9.17) is 9.47 Å². The first-order valence-electron chi connectivity index (χ1n) is 13.0. The summed E-state index contributed by atoms with van der Waals surface area (Å²) in [6.45, 7) is 15.0. The number of aromatic nitrogens is 3. The molecule has 0 amide bonds. The van der Waals surface area contributed by atoms with Crippen LogP contribution in [0.4, 0.5) is 14.5 Å². The van der Waals surface area contributed by atoms with Crippen LogP contribution in [0.1, 0.15) is 32.8 Å². The molecule has 1 aliphatic rings. The molecule has 204 valence electrons. The molecular formula is C29H37F2N5O2. The van der Waals surface area contributed by atoms with Crippen molar-refractivity contribution in [1.82, 2.24) is 19.7 Å². The van der Waals surface area contributed by atoms with Crippen molar-refractivity contribution >= 4 is 5.69 Å². The number of allylic oxidation sites excluding steroid dienone is 1. The molecule has 0 saturated carbocycles. The van der Waals surface area contributed by atoms with Crippen LogP contribution in [0, 0.1) is 17.6 Å². The molecule has 0 aliphatic carbocycles. The molecule has 2 heterocycles. The van der Waals surface area contributed by atoms with Crippen molar-refractivity contribution in [2.24, 2.45) is 5.92 Å². The first-order valence-corrected chi connectivity index (χ1v) is 13.0. The van der Waals surface area contributed by atoms with Gasteiger partial charge in [0.15, 0.2) is 0 Å². The molecule has 0 spiro atoms. The third-order valence-electron chi connectivity index (χ3n) is 7.02. The predicted octanol–water partition coefficient (Wildman–Crippen LogP) is 5.25. The van der Waals surface area contributed by atoms with Crippen LogP contribution < -0.4 is 9.64 Å². The molecule has 4 rings (SSSR count).